The number of aromatic hydroxyl groups is 1. The molecule has 0 radical (unpaired) electrons. The van der Waals surface area contributed by atoms with Crippen molar-refractivity contribution in [1.29, 1.82) is 0 Å². The molecule has 1 N–H and O–H groups in total. The van der Waals surface area contributed by atoms with Gasteiger partial charge >= 0.3 is 0 Å². The third-order valence-corrected chi connectivity index (χ3v) is 2.76. The molecule has 0 saturated carbocycles. The van der Waals surface area contributed by atoms with Gasteiger partial charge in [0.05, 0.1) is 5.69 Å². The summed E-state index contributed by atoms with van der Waals surface area (Å²) in [5.74, 6) is 0.0924. The molecule has 0 saturated heterocycles. The van der Waals surface area contributed by atoms with Gasteiger partial charge in [0, 0.05) is 23.9 Å². The first-order valence-electron chi connectivity index (χ1n) is 5.35. The molecule has 3 aromatic rings. The highest BCUT2D eigenvalue weighted by molar-refractivity contribution is 5.67. The number of hydrogen-bond donors (Lipinski definition) is 1. The van der Waals surface area contributed by atoms with E-state index in [-0.39, 0.29) is 5.88 Å². The molecule has 2 aromatic heterocycles. The molecule has 0 unspecified atom stereocenters. The third kappa shape index (κ3) is 1.54. The lowest BCUT2D eigenvalue weighted by Gasteiger charge is -2.00. The summed E-state index contributed by atoms with van der Waals surface area (Å²) in [5, 5.41) is 14.0. The van der Waals surface area contributed by atoms with Gasteiger partial charge in [-0.2, -0.15) is 9.61 Å². The highest BCUT2D eigenvalue weighted by Gasteiger charge is 2.08. The molecule has 3 rings (SSSR count). The fraction of sp³-hybridized carbons (Fsp3) is 0.0769. The number of nitrogens with zero attached hydrogens (tertiary/aromatic N) is 3. The Kier molecular flexibility index (Phi) is 2.08. The molecule has 0 aliphatic carbocycles. The Morgan fingerprint density at radius 3 is 2.76 bits per heavy atom. The maximum atomic E-state index is 9.66. The van der Waals surface area contributed by atoms with Crippen LogP contribution in [0.4, 0.5) is 0 Å². The monoisotopic (exact) mass is 225 g/mol. The lowest BCUT2D eigenvalue weighted by atomic mass is 10.1. The summed E-state index contributed by atoms with van der Waals surface area (Å²) in [6.45, 7) is 2.03. The summed E-state index contributed by atoms with van der Waals surface area (Å²) in [7, 11) is 0. The molecule has 2 heterocycles. The van der Waals surface area contributed by atoms with Gasteiger partial charge in [0.15, 0.2) is 5.65 Å². The van der Waals surface area contributed by atoms with E-state index >= 15 is 0 Å². The Morgan fingerprint density at radius 1 is 1.18 bits per heavy atom. The smallest absolute Gasteiger partial charge is 0.215 e. The first-order chi connectivity index (χ1) is 8.25. The van der Waals surface area contributed by atoms with Crippen molar-refractivity contribution in [1.82, 2.24) is 14.6 Å². The molecule has 0 spiro atoms. The molecule has 0 aliphatic heterocycles. The average molecular weight is 225 g/mol. The minimum atomic E-state index is 0.0924. The van der Waals surface area contributed by atoms with Gasteiger partial charge in [0.25, 0.3) is 0 Å². The van der Waals surface area contributed by atoms with E-state index in [0.29, 0.717) is 5.65 Å². The molecule has 0 amide bonds. The van der Waals surface area contributed by atoms with Gasteiger partial charge in [-0.1, -0.05) is 24.3 Å². The summed E-state index contributed by atoms with van der Waals surface area (Å²) in [5.41, 5.74) is 3.66. The van der Waals surface area contributed by atoms with Crippen LogP contribution in [0.5, 0.6) is 5.88 Å². The van der Waals surface area contributed by atoms with E-state index in [0.717, 1.165) is 16.8 Å². The SMILES string of the molecule is Cc1ccccc1-c1cc2nccc(O)n2n1. The van der Waals surface area contributed by atoms with Crippen molar-refractivity contribution in [2.75, 3.05) is 0 Å². The van der Waals surface area contributed by atoms with E-state index in [1.807, 2.05) is 37.3 Å². The number of rotatable bonds is 1. The Morgan fingerprint density at radius 2 is 2.00 bits per heavy atom. The van der Waals surface area contributed by atoms with E-state index in [2.05, 4.69) is 10.1 Å². The van der Waals surface area contributed by atoms with Crippen molar-refractivity contribution < 1.29 is 5.11 Å². The number of fused-ring (bicyclic) bond motifs is 1. The average Bonchev–Trinajstić information content (AvgIpc) is 2.75. The van der Waals surface area contributed by atoms with Crippen LogP contribution in [-0.4, -0.2) is 19.7 Å². The van der Waals surface area contributed by atoms with E-state index in [4.69, 9.17) is 0 Å². The number of aryl methyl sites for hydroxylation is 1. The Hall–Kier alpha value is -2.36. The maximum absolute atomic E-state index is 9.66. The minimum absolute atomic E-state index is 0.0924. The van der Waals surface area contributed by atoms with E-state index < -0.39 is 0 Å². The van der Waals surface area contributed by atoms with Crippen LogP contribution in [0.25, 0.3) is 16.9 Å². The molecule has 1 aromatic carbocycles. The first kappa shape index (κ1) is 9.84. The lowest BCUT2D eigenvalue weighted by molar-refractivity contribution is 0.435. The quantitative estimate of drug-likeness (QED) is 0.691. The van der Waals surface area contributed by atoms with E-state index in [9.17, 15) is 5.11 Å². The van der Waals surface area contributed by atoms with Crippen LogP contribution in [0.2, 0.25) is 0 Å². The zero-order valence-electron chi connectivity index (χ0n) is 9.33. The van der Waals surface area contributed by atoms with Crippen molar-refractivity contribution in [2.24, 2.45) is 0 Å². The van der Waals surface area contributed by atoms with Crippen molar-refractivity contribution in [2.45, 2.75) is 6.92 Å². The topological polar surface area (TPSA) is 50.4 Å². The van der Waals surface area contributed by atoms with Gasteiger partial charge in [0.2, 0.25) is 5.88 Å². The molecular formula is C13H11N3O. The molecule has 0 bridgehead atoms. The summed E-state index contributed by atoms with van der Waals surface area (Å²) < 4.78 is 1.43. The number of aromatic nitrogens is 3. The maximum Gasteiger partial charge on any atom is 0.215 e. The normalized spacial score (nSPS) is 10.9. The van der Waals surface area contributed by atoms with Crippen LogP contribution in [0.3, 0.4) is 0 Å². The minimum Gasteiger partial charge on any atom is -0.493 e. The van der Waals surface area contributed by atoms with Gasteiger partial charge in [0.1, 0.15) is 0 Å². The van der Waals surface area contributed by atoms with Crippen LogP contribution in [0.15, 0.2) is 42.6 Å². The van der Waals surface area contributed by atoms with Gasteiger partial charge in [-0.3, -0.25) is 0 Å². The highest BCUT2D eigenvalue weighted by atomic mass is 16.3. The number of hydrogen-bond acceptors (Lipinski definition) is 3. The van der Waals surface area contributed by atoms with E-state index in [1.165, 1.54) is 10.6 Å². The third-order valence-electron chi connectivity index (χ3n) is 2.76. The summed E-state index contributed by atoms with van der Waals surface area (Å²) in [6, 6.07) is 11.4. The Labute approximate surface area is 98.2 Å². The fourth-order valence-electron chi connectivity index (χ4n) is 1.87. The van der Waals surface area contributed by atoms with Crippen LogP contribution >= 0.6 is 0 Å². The second kappa shape index (κ2) is 3.59. The van der Waals surface area contributed by atoms with Crippen molar-refractivity contribution >= 4 is 5.65 Å². The molecule has 17 heavy (non-hydrogen) atoms. The van der Waals surface area contributed by atoms with E-state index in [1.54, 1.807) is 6.20 Å². The van der Waals surface area contributed by atoms with Crippen LogP contribution < -0.4 is 0 Å². The molecule has 0 aliphatic rings. The summed E-state index contributed by atoms with van der Waals surface area (Å²) in [4.78, 5) is 4.16. The van der Waals surface area contributed by atoms with Crippen molar-refractivity contribution in [3.8, 4) is 17.1 Å². The summed E-state index contributed by atoms with van der Waals surface area (Å²) >= 11 is 0. The zero-order chi connectivity index (χ0) is 11.8. The van der Waals surface area contributed by atoms with Crippen LogP contribution in [0.1, 0.15) is 5.56 Å². The zero-order valence-corrected chi connectivity index (χ0v) is 9.33. The predicted molar refractivity (Wildman–Crippen MR) is 64.8 cm³/mol. The molecular weight excluding hydrogens is 214 g/mol. The van der Waals surface area contributed by atoms with Gasteiger partial charge < -0.3 is 5.11 Å². The van der Waals surface area contributed by atoms with Crippen LogP contribution in [0, 0.1) is 6.92 Å². The lowest BCUT2D eigenvalue weighted by Crippen LogP contribution is -1.90. The van der Waals surface area contributed by atoms with Crippen LogP contribution in [-0.2, 0) is 0 Å². The molecule has 0 fully saturated rings. The first-order valence-corrected chi connectivity index (χ1v) is 5.35. The molecule has 84 valence electrons. The van der Waals surface area contributed by atoms with Gasteiger partial charge in [-0.25, -0.2) is 4.98 Å². The molecule has 4 nitrogen and oxygen atoms in total. The van der Waals surface area contributed by atoms with Crippen molar-refractivity contribution in [3.63, 3.8) is 0 Å². The fourth-order valence-corrected chi connectivity index (χ4v) is 1.87. The molecule has 4 heteroatoms. The predicted octanol–water partition coefficient (Wildman–Crippen LogP) is 2.41. The second-order valence-electron chi connectivity index (χ2n) is 3.92. The largest absolute Gasteiger partial charge is 0.493 e. The Bertz CT molecular complexity index is 688. The van der Waals surface area contributed by atoms with Gasteiger partial charge in [-0.15, -0.1) is 0 Å². The van der Waals surface area contributed by atoms with Crippen molar-refractivity contribution in [3.05, 3.63) is 48.2 Å². The highest BCUT2D eigenvalue weighted by Crippen LogP contribution is 2.23. The Balaban J connectivity index is 2.26. The van der Waals surface area contributed by atoms with Gasteiger partial charge in [-0.05, 0) is 12.5 Å². The number of benzene rings is 1. The summed E-state index contributed by atoms with van der Waals surface area (Å²) in [6.07, 6.45) is 1.56. The molecule has 0 atom stereocenters. The second-order valence-corrected chi connectivity index (χ2v) is 3.92. The standard InChI is InChI=1S/C13H11N3O/c1-9-4-2-3-5-10(9)11-8-12-14-7-6-13(17)16(12)15-11/h2-8,17H,1H3.